The molecule has 1 aromatic carbocycles. The van der Waals surface area contributed by atoms with E-state index in [0.29, 0.717) is 82.0 Å². The molecular weight excluding hydrogens is 456 g/mol. The van der Waals surface area contributed by atoms with Crippen molar-refractivity contribution in [2.24, 2.45) is 5.10 Å². The van der Waals surface area contributed by atoms with Crippen LogP contribution in [0.5, 0.6) is 0 Å². The lowest BCUT2D eigenvalue weighted by molar-refractivity contribution is -0.384. The number of nitro benzene ring substituents is 1. The van der Waals surface area contributed by atoms with Gasteiger partial charge in [0.25, 0.3) is 5.69 Å². The van der Waals surface area contributed by atoms with Crippen LogP contribution in [-0.2, 0) is 9.47 Å². The molecule has 0 spiro atoms. The third kappa shape index (κ3) is 5.53. The molecule has 35 heavy (non-hydrogen) atoms. The summed E-state index contributed by atoms with van der Waals surface area (Å²) in [5.41, 5.74) is 3.63. The standard InChI is InChI=1S/C22H24N8O5/c31-30(32)17-3-1-16(2-4-17)19-6-5-18(35-19)15-23-27-20-24-21(28-7-11-33-12-8-28)26-22(25-20)29-9-13-34-14-10-29/h1-6,15H,7-14H2,(H,24,25,26,27)/b23-15+. The highest BCUT2D eigenvalue weighted by Gasteiger charge is 2.20. The number of hydrogen-bond acceptors (Lipinski definition) is 12. The van der Waals surface area contributed by atoms with E-state index in [9.17, 15) is 10.1 Å². The normalized spacial score (nSPS) is 16.6. The largest absolute Gasteiger partial charge is 0.455 e. The lowest BCUT2D eigenvalue weighted by Gasteiger charge is -2.30. The summed E-state index contributed by atoms with van der Waals surface area (Å²) in [7, 11) is 0. The number of rotatable bonds is 7. The summed E-state index contributed by atoms with van der Waals surface area (Å²) in [5, 5.41) is 15.1. The van der Waals surface area contributed by atoms with Crippen molar-refractivity contribution in [3.05, 3.63) is 52.3 Å². The number of furan rings is 1. The maximum Gasteiger partial charge on any atom is 0.269 e. The van der Waals surface area contributed by atoms with E-state index in [-0.39, 0.29) is 5.69 Å². The second-order valence-electron chi connectivity index (χ2n) is 7.83. The number of hydrogen-bond donors (Lipinski definition) is 1. The van der Waals surface area contributed by atoms with Crippen LogP contribution >= 0.6 is 0 Å². The number of nitrogens with zero attached hydrogens (tertiary/aromatic N) is 7. The van der Waals surface area contributed by atoms with E-state index in [4.69, 9.17) is 13.9 Å². The first-order valence-electron chi connectivity index (χ1n) is 11.2. The zero-order valence-corrected chi connectivity index (χ0v) is 18.9. The molecule has 0 radical (unpaired) electrons. The second kappa shape index (κ2) is 10.4. The maximum atomic E-state index is 10.8. The number of morpholine rings is 2. The van der Waals surface area contributed by atoms with Crippen LogP contribution in [0, 0.1) is 10.1 Å². The molecule has 0 bridgehead atoms. The van der Waals surface area contributed by atoms with Gasteiger partial charge in [0.1, 0.15) is 11.5 Å². The number of nitro groups is 1. The van der Waals surface area contributed by atoms with Gasteiger partial charge in [0, 0.05) is 43.9 Å². The minimum atomic E-state index is -0.439. The van der Waals surface area contributed by atoms with Crippen molar-refractivity contribution >= 4 is 29.7 Å². The molecule has 13 nitrogen and oxygen atoms in total. The van der Waals surface area contributed by atoms with E-state index >= 15 is 0 Å². The number of benzene rings is 1. The number of ether oxygens (including phenoxy) is 2. The van der Waals surface area contributed by atoms with E-state index in [1.807, 2.05) is 0 Å². The Morgan fingerprint density at radius 2 is 1.49 bits per heavy atom. The van der Waals surface area contributed by atoms with Gasteiger partial charge in [-0.25, -0.2) is 5.43 Å². The predicted octanol–water partition coefficient (Wildman–Crippen LogP) is 2.16. The average molecular weight is 480 g/mol. The molecule has 2 saturated heterocycles. The molecule has 2 aliphatic rings. The minimum absolute atomic E-state index is 0.0246. The van der Waals surface area contributed by atoms with E-state index in [0.717, 1.165) is 5.56 Å². The third-order valence-electron chi connectivity index (χ3n) is 5.55. The monoisotopic (exact) mass is 480 g/mol. The first-order valence-corrected chi connectivity index (χ1v) is 11.2. The number of non-ortho nitro benzene ring substituents is 1. The van der Waals surface area contributed by atoms with Gasteiger partial charge < -0.3 is 23.7 Å². The molecule has 2 fully saturated rings. The average Bonchev–Trinajstić information content (AvgIpc) is 3.38. The van der Waals surface area contributed by atoms with Crippen molar-refractivity contribution in [1.82, 2.24) is 15.0 Å². The Morgan fingerprint density at radius 3 is 2.06 bits per heavy atom. The number of aromatic nitrogens is 3. The van der Waals surface area contributed by atoms with Crippen molar-refractivity contribution in [2.75, 3.05) is 67.8 Å². The summed E-state index contributed by atoms with van der Waals surface area (Å²) in [6.45, 7) is 5.29. The van der Waals surface area contributed by atoms with Crippen LogP contribution in [0.4, 0.5) is 23.5 Å². The van der Waals surface area contributed by atoms with Crippen LogP contribution in [0.3, 0.4) is 0 Å². The Balaban J connectivity index is 1.31. The first kappa shape index (κ1) is 22.7. The third-order valence-corrected chi connectivity index (χ3v) is 5.55. The van der Waals surface area contributed by atoms with Crippen LogP contribution in [0.15, 0.2) is 45.9 Å². The molecule has 2 aromatic heterocycles. The first-order chi connectivity index (χ1) is 17.2. The number of anilines is 3. The van der Waals surface area contributed by atoms with E-state index in [1.54, 1.807) is 24.3 Å². The summed E-state index contributed by atoms with van der Waals surface area (Å²) in [6, 6.07) is 9.69. The van der Waals surface area contributed by atoms with Crippen LogP contribution in [0.2, 0.25) is 0 Å². The quantitative estimate of drug-likeness (QED) is 0.302. The van der Waals surface area contributed by atoms with Gasteiger partial charge in [0.2, 0.25) is 17.8 Å². The van der Waals surface area contributed by atoms with E-state index in [2.05, 4.69) is 35.3 Å². The summed E-state index contributed by atoms with van der Waals surface area (Å²) in [4.78, 5) is 28.3. The van der Waals surface area contributed by atoms with Crippen molar-refractivity contribution in [2.45, 2.75) is 0 Å². The maximum absolute atomic E-state index is 10.8. The van der Waals surface area contributed by atoms with Gasteiger partial charge in [-0.3, -0.25) is 10.1 Å². The second-order valence-corrected chi connectivity index (χ2v) is 7.83. The van der Waals surface area contributed by atoms with Crippen LogP contribution in [0.25, 0.3) is 11.3 Å². The molecule has 13 heteroatoms. The van der Waals surface area contributed by atoms with Crippen molar-refractivity contribution in [3.63, 3.8) is 0 Å². The van der Waals surface area contributed by atoms with Crippen molar-refractivity contribution in [3.8, 4) is 11.3 Å². The van der Waals surface area contributed by atoms with E-state index in [1.165, 1.54) is 18.3 Å². The minimum Gasteiger partial charge on any atom is -0.455 e. The van der Waals surface area contributed by atoms with Gasteiger partial charge in [-0.05, 0) is 24.3 Å². The summed E-state index contributed by atoms with van der Waals surface area (Å²) in [6.07, 6.45) is 1.52. The fourth-order valence-corrected chi connectivity index (χ4v) is 3.69. The molecule has 0 atom stereocenters. The van der Waals surface area contributed by atoms with Crippen molar-refractivity contribution < 1.29 is 18.8 Å². The molecule has 0 aliphatic carbocycles. The highest BCUT2D eigenvalue weighted by Crippen LogP contribution is 2.24. The zero-order chi connectivity index (χ0) is 24.0. The molecule has 5 rings (SSSR count). The Labute approximate surface area is 200 Å². The van der Waals surface area contributed by atoms with Gasteiger partial charge in [0.05, 0.1) is 37.6 Å². The molecule has 3 aromatic rings. The molecule has 0 saturated carbocycles. The topological polar surface area (TPSA) is 144 Å². The smallest absolute Gasteiger partial charge is 0.269 e. The van der Waals surface area contributed by atoms with Crippen molar-refractivity contribution in [1.29, 1.82) is 0 Å². The van der Waals surface area contributed by atoms with Crippen LogP contribution in [0.1, 0.15) is 5.76 Å². The zero-order valence-electron chi connectivity index (χ0n) is 18.9. The lowest BCUT2D eigenvalue weighted by atomic mass is 10.1. The summed E-state index contributed by atoms with van der Waals surface area (Å²) >= 11 is 0. The van der Waals surface area contributed by atoms with Crippen LogP contribution < -0.4 is 15.2 Å². The Hall–Kier alpha value is -4.10. The summed E-state index contributed by atoms with van der Waals surface area (Å²) in [5.74, 6) is 2.54. The molecule has 0 unspecified atom stereocenters. The van der Waals surface area contributed by atoms with Gasteiger partial charge >= 0.3 is 0 Å². The molecular formula is C22H24N8O5. The molecule has 4 heterocycles. The highest BCUT2D eigenvalue weighted by atomic mass is 16.6. The SMILES string of the molecule is O=[N+]([O-])c1ccc(-c2ccc(/C=N/Nc3nc(N4CCOCC4)nc(N4CCOCC4)n3)o2)cc1. The van der Waals surface area contributed by atoms with Gasteiger partial charge in [-0.2, -0.15) is 20.1 Å². The van der Waals surface area contributed by atoms with Gasteiger partial charge in [-0.1, -0.05) is 0 Å². The molecule has 182 valence electrons. The number of hydrazone groups is 1. The fraction of sp³-hybridized carbons (Fsp3) is 0.364. The Morgan fingerprint density at radius 1 is 0.886 bits per heavy atom. The predicted molar refractivity (Wildman–Crippen MR) is 128 cm³/mol. The molecule has 2 aliphatic heterocycles. The molecule has 0 amide bonds. The van der Waals surface area contributed by atoms with Gasteiger partial charge in [0.15, 0.2) is 0 Å². The lowest BCUT2D eigenvalue weighted by Crippen LogP contribution is -2.40. The highest BCUT2D eigenvalue weighted by molar-refractivity contribution is 5.78. The Kier molecular flexibility index (Phi) is 6.77. The Bertz CT molecular complexity index is 1150. The number of nitrogens with one attached hydrogen (secondary N) is 1. The van der Waals surface area contributed by atoms with E-state index < -0.39 is 4.92 Å². The van der Waals surface area contributed by atoms with Crippen LogP contribution in [-0.4, -0.2) is 78.7 Å². The fourth-order valence-electron chi connectivity index (χ4n) is 3.69. The summed E-state index contributed by atoms with van der Waals surface area (Å²) < 4.78 is 16.7. The van der Waals surface area contributed by atoms with Gasteiger partial charge in [-0.15, -0.1) is 0 Å². The molecule has 1 N–H and O–H groups in total.